The van der Waals surface area contributed by atoms with Gasteiger partial charge < -0.3 is 30.2 Å². The fourth-order valence-electron chi connectivity index (χ4n) is 3.08. The highest BCUT2D eigenvalue weighted by Gasteiger charge is 2.22. The van der Waals surface area contributed by atoms with E-state index in [1.807, 2.05) is 11.5 Å². The van der Waals surface area contributed by atoms with Gasteiger partial charge in [-0.2, -0.15) is 0 Å². The van der Waals surface area contributed by atoms with Crippen LogP contribution in [-0.2, 0) is 11.3 Å². The fourth-order valence-corrected chi connectivity index (χ4v) is 3.08. The zero-order chi connectivity index (χ0) is 25.8. The number of aliphatic hydroxyl groups is 1. The first-order valence-corrected chi connectivity index (χ1v) is 11.2. The molecule has 0 aliphatic carbocycles. The van der Waals surface area contributed by atoms with Gasteiger partial charge in [-0.05, 0) is 64.2 Å². The molecule has 3 rings (SSSR count). The number of aryl methyl sites for hydroxylation is 1. The van der Waals surface area contributed by atoms with Gasteiger partial charge in [0.25, 0.3) is 0 Å². The molecule has 12 nitrogen and oxygen atoms in total. The van der Waals surface area contributed by atoms with Gasteiger partial charge in [0, 0.05) is 19.2 Å². The minimum absolute atomic E-state index is 0.112. The van der Waals surface area contributed by atoms with Gasteiger partial charge >= 0.3 is 6.09 Å². The molecule has 3 aromatic heterocycles. The molecule has 4 N–H and O–H groups in total. The number of nitrogens with zero attached hydrogens (tertiary/aromatic N) is 5. The second-order valence-electron chi connectivity index (χ2n) is 9.29. The van der Waals surface area contributed by atoms with Gasteiger partial charge in [0.05, 0.1) is 12.1 Å². The number of ether oxygens (including phenoxy) is 2. The summed E-state index contributed by atoms with van der Waals surface area (Å²) in [5.74, 6) is 6.55. The Kier molecular flexibility index (Phi) is 7.50. The predicted octanol–water partition coefficient (Wildman–Crippen LogP) is 2.50. The molecule has 0 bridgehead atoms. The molecule has 3 heterocycles. The summed E-state index contributed by atoms with van der Waals surface area (Å²) in [7, 11) is 0. The average molecular weight is 486 g/mol. The third-order valence-electron chi connectivity index (χ3n) is 4.48. The lowest BCUT2D eigenvalue weighted by Crippen LogP contribution is -2.33. The summed E-state index contributed by atoms with van der Waals surface area (Å²) in [6, 6.07) is 1.75. The molecule has 12 heteroatoms. The summed E-state index contributed by atoms with van der Waals surface area (Å²) in [4.78, 5) is 20.9. The van der Waals surface area contributed by atoms with Crippen molar-refractivity contribution < 1.29 is 24.0 Å². The number of carbonyl (C=O) groups excluding carboxylic acids is 1. The lowest BCUT2D eigenvalue weighted by Gasteiger charge is -2.19. The van der Waals surface area contributed by atoms with E-state index in [1.54, 1.807) is 40.7 Å². The number of carbonyl (C=O) groups is 1. The molecule has 0 spiro atoms. The van der Waals surface area contributed by atoms with Crippen LogP contribution in [0.1, 0.15) is 53.7 Å². The Bertz CT molecular complexity index is 1260. The van der Waals surface area contributed by atoms with E-state index >= 15 is 0 Å². The number of alkyl carbamates (subject to hydrolysis) is 1. The maximum atomic E-state index is 11.8. The van der Waals surface area contributed by atoms with Crippen molar-refractivity contribution in [3.8, 4) is 29.2 Å². The van der Waals surface area contributed by atoms with E-state index in [9.17, 15) is 9.90 Å². The number of nitrogens with two attached hydrogens (primary N) is 1. The Morgan fingerprint density at radius 1 is 1.26 bits per heavy atom. The van der Waals surface area contributed by atoms with Gasteiger partial charge in [-0.3, -0.25) is 0 Å². The smallest absolute Gasteiger partial charge is 0.407 e. The van der Waals surface area contributed by atoms with E-state index < -0.39 is 17.3 Å². The maximum Gasteiger partial charge on any atom is 0.407 e. The summed E-state index contributed by atoms with van der Waals surface area (Å²) in [5, 5.41) is 20.3. The quantitative estimate of drug-likeness (QED) is 0.334. The maximum absolute atomic E-state index is 11.8. The van der Waals surface area contributed by atoms with Crippen LogP contribution in [0.4, 0.5) is 10.6 Å². The number of nitrogen functional groups attached to an aromatic ring is 1. The first kappa shape index (κ1) is 25.8. The number of pyridine rings is 1. The monoisotopic (exact) mass is 485 g/mol. The third-order valence-corrected chi connectivity index (χ3v) is 4.48. The number of fused-ring (bicyclic) bond motifs is 1. The molecular formula is C23H31N7O5. The van der Waals surface area contributed by atoms with Crippen LogP contribution in [-0.4, -0.2) is 60.4 Å². The number of hydrogen-bond donors (Lipinski definition) is 3. The Morgan fingerprint density at radius 2 is 2.00 bits per heavy atom. The van der Waals surface area contributed by atoms with Gasteiger partial charge in [0.15, 0.2) is 17.3 Å². The lowest BCUT2D eigenvalue weighted by molar-refractivity contribution is 0.0525. The molecular weight excluding hydrogens is 454 g/mol. The molecule has 0 saturated carbocycles. The zero-order valence-corrected chi connectivity index (χ0v) is 20.8. The van der Waals surface area contributed by atoms with Gasteiger partial charge in [-0.25, -0.2) is 19.4 Å². The second-order valence-corrected chi connectivity index (χ2v) is 9.29. The Labute approximate surface area is 203 Å². The normalized spacial score (nSPS) is 11.7. The molecule has 0 aromatic carbocycles. The number of imidazole rings is 1. The molecule has 188 valence electrons. The van der Waals surface area contributed by atoms with Crippen molar-refractivity contribution >= 4 is 22.9 Å². The minimum Gasteiger partial charge on any atom is -0.478 e. The van der Waals surface area contributed by atoms with Crippen molar-refractivity contribution in [1.82, 2.24) is 30.2 Å². The van der Waals surface area contributed by atoms with Crippen molar-refractivity contribution in [1.29, 1.82) is 0 Å². The van der Waals surface area contributed by atoms with Gasteiger partial charge in [0.1, 0.15) is 22.4 Å². The average Bonchev–Trinajstić information content (AvgIpc) is 3.32. The summed E-state index contributed by atoms with van der Waals surface area (Å²) in [5.41, 5.74) is 5.93. The highest BCUT2D eigenvalue weighted by Crippen LogP contribution is 2.29. The van der Waals surface area contributed by atoms with Crippen molar-refractivity contribution in [3.05, 3.63) is 11.8 Å². The molecule has 0 aliphatic heterocycles. The van der Waals surface area contributed by atoms with E-state index in [1.165, 1.54) is 0 Å². The van der Waals surface area contributed by atoms with E-state index in [-0.39, 0.29) is 5.82 Å². The Hall–Kier alpha value is -3.85. The van der Waals surface area contributed by atoms with Crippen molar-refractivity contribution in [3.63, 3.8) is 0 Å². The standard InChI is InChI=1S/C23H31N7O5/c1-7-30-15-13-16(33-12-8-11-25-21(31)34-22(2,3)4)26-14(9-10-23(5,6)32)17(15)27-20(30)18-19(24)29-35-28-18/h13,32H,7-8,11-12H2,1-6H3,(H2,24,29)(H,25,31). The second kappa shape index (κ2) is 10.2. The van der Waals surface area contributed by atoms with Crippen LogP contribution in [0, 0.1) is 11.8 Å². The first-order valence-electron chi connectivity index (χ1n) is 11.2. The SMILES string of the molecule is CCn1c(-c2nonc2N)nc2c(C#CC(C)(C)O)nc(OCCCNC(=O)OC(C)(C)C)cc21. The molecule has 0 atom stereocenters. The highest BCUT2D eigenvalue weighted by molar-refractivity contribution is 5.86. The number of nitrogens with one attached hydrogen (secondary N) is 1. The highest BCUT2D eigenvalue weighted by atomic mass is 16.6. The van der Waals surface area contributed by atoms with Crippen molar-refractivity contribution in [2.45, 2.75) is 65.7 Å². The van der Waals surface area contributed by atoms with E-state index in [0.717, 1.165) is 0 Å². The molecule has 0 aliphatic rings. The van der Waals surface area contributed by atoms with Crippen LogP contribution >= 0.6 is 0 Å². The van der Waals surface area contributed by atoms with Crippen molar-refractivity contribution in [2.24, 2.45) is 0 Å². The summed E-state index contributed by atoms with van der Waals surface area (Å²) in [6.07, 6.45) is 0.0468. The molecule has 0 unspecified atom stereocenters. The third kappa shape index (κ3) is 6.83. The van der Waals surface area contributed by atoms with Gasteiger partial charge in [-0.15, -0.1) is 0 Å². The fraction of sp³-hybridized carbons (Fsp3) is 0.522. The lowest BCUT2D eigenvalue weighted by atomic mass is 10.1. The van der Waals surface area contributed by atoms with Crippen LogP contribution in [0.3, 0.4) is 0 Å². The summed E-state index contributed by atoms with van der Waals surface area (Å²) >= 11 is 0. The number of hydrogen-bond acceptors (Lipinski definition) is 10. The van der Waals surface area contributed by atoms with Gasteiger partial charge in [-0.1, -0.05) is 5.92 Å². The van der Waals surface area contributed by atoms with E-state index in [0.29, 0.717) is 60.2 Å². The molecule has 35 heavy (non-hydrogen) atoms. The summed E-state index contributed by atoms with van der Waals surface area (Å²) in [6.45, 7) is 11.7. The molecule has 0 fully saturated rings. The van der Waals surface area contributed by atoms with Crippen LogP contribution < -0.4 is 15.8 Å². The van der Waals surface area contributed by atoms with Crippen molar-refractivity contribution in [2.75, 3.05) is 18.9 Å². The van der Waals surface area contributed by atoms with E-state index in [2.05, 4.69) is 37.4 Å². The topological polar surface area (TPSA) is 163 Å². The van der Waals surface area contributed by atoms with Crippen LogP contribution in [0.15, 0.2) is 10.7 Å². The number of anilines is 1. The number of amides is 1. The van der Waals surface area contributed by atoms with E-state index in [4.69, 9.17) is 19.8 Å². The number of aromatic nitrogens is 5. The van der Waals surface area contributed by atoms with Crippen LogP contribution in [0.2, 0.25) is 0 Å². The summed E-state index contributed by atoms with van der Waals surface area (Å²) < 4.78 is 17.7. The zero-order valence-electron chi connectivity index (χ0n) is 20.8. The Balaban J connectivity index is 1.86. The number of rotatable bonds is 7. The largest absolute Gasteiger partial charge is 0.478 e. The predicted molar refractivity (Wildman–Crippen MR) is 128 cm³/mol. The van der Waals surface area contributed by atoms with Gasteiger partial charge in [0.2, 0.25) is 5.88 Å². The first-order chi connectivity index (χ1) is 16.4. The van der Waals surface area contributed by atoms with Crippen LogP contribution in [0.25, 0.3) is 22.6 Å². The van der Waals surface area contributed by atoms with Crippen LogP contribution in [0.5, 0.6) is 5.88 Å². The molecule has 0 radical (unpaired) electrons. The molecule has 1 amide bonds. The minimum atomic E-state index is -1.23. The molecule has 0 saturated heterocycles. The molecule has 3 aromatic rings. The Morgan fingerprint density at radius 3 is 2.60 bits per heavy atom.